The van der Waals surface area contributed by atoms with Crippen LogP contribution in [0.15, 0.2) is 12.2 Å². The zero-order valence-electron chi connectivity index (χ0n) is 18.6. The summed E-state index contributed by atoms with van der Waals surface area (Å²) in [6.07, 6.45) is 7.08. The third-order valence-corrected chi connectivity index (χ3v) is 9.05. The van der Waals surface area contributed by atoms with Crippen molar-refractivity contribution in [1.82, 2.24) is 19.2 Å². The van der Waals surface area contributed by atoms with Crippen LogP contribution in [0.2, 0.25) is 0 Å². The van der Waals surface area contributed by atoms with Crippen molar-refractivity contribution in [3.8, 4) is 0 Å². The Balaban J connectivity index is 1.73. The van der Waals surface area contributed by atoms with E-state index in [0.29, 0.717) is 58.7 Å². The van der Waals surface area contributed by atoms with Crippen molar-refractivity contribution in [1.29, 1.82) is 0 Å². The largest absolute Gasteiger partial charge is 0.381 e. The number of ether oxygens (including phenoxy) is 1. The third-order valence-electron chi connectivity index (χ3n) is 6.86. The van der Waals surface area contributed by atoms with Crippen LogP contribution in [-0.2, 0) is 24.5 Å². The van der Waals surface area contributed by atoms with Crippen LogP contribution < -0.4 is 10.6 Å². The standard InChI is InChI=1S/C21H36N4O5S/c1-3-24(4-2)31(28,29)25-12-10-21(11-13-25)9-6-5-7-17-16-30-14-8-18(17)23-19(26)15-22-20(21)27/h5-6,17-18H,3-4,7-16H2,1-2H3,(H,22,27)(H,23,26)/b6-5+/t17-,18+/m0/s1. The molecule has 0 bridgehead atoms. The molecule has 0 saturated carbocycles. The van der Waals surface area contributed by atoms with E-state index in [2.05, 4.69) is 16.7 Å². The molecule has 0 aromatic heterocycles. The molecular weight excluding hydrogens is 420 g/mol. The Morgan fingerprint density at radius 3 is 2.58 bits per heavy atom. The van der Waals surface area contributed by atoms with Gasteiger partial charge in [-0.3, -0.25) is 9.59 Å². The monoisotopic (exact) mass is 456 g/mol. The normalized spacial score (nSPS) is 29.4. The van der Waals surface area contributed by atoms with Crippen molar-refractivity contribution in [3.63, 3.8) is 0 Å². The maximum absolute atomic E-state index is 13.1. The van der Waals surface area contributed by atoms with Crippen LogP contribution >= 0.6 is 0 Å². The number of allylic oxidation sites excluding steroid dienone is 2. The smallest absolute Gasteiger partial charge is 0.281 e. The van der Waals surface area contributed by atoms with Gasteiger partial charge < -0.3 is 15.4 Å². The highest BCUT2D eigenvalue weighted by Gasteiger charge is 2.44. The number of hydrogen-bond acceptors (Lipinski definition) is 5. The molecule has 3 aliphatic heterocycles. The van der Waals surface area contributed by atoms with Crippen molar-refractivity contribution in [3.05, 3.63) is 12.2 Å². The summed E-state index contributed by atoms with van der Waals surface area (Å²) in [4.78, 5) is 25.5. The topological polar surface area (TPSA) is 108 Å². The van der Waals surface area contributed by atoms with Gasteiger partial charge in [-0.2, -0.15) is 17.0 Å². The Morgan fingerprint density at radius 2 is 1.90 bits per heavy atom. The molecule has 176 valence electrons. The predicted octanol–water partition coefficient (Wildman–Crippen LogP) is 0.643. The first kappa shape index (κ1) is 24.2. The Hall–Kier alpha value is -1.49. The molecule has 9 nitrogen and oxygen atoms in total. The number of carbonyl (C=O) groups is 2. The number of hydrogen-bond donors (Lipinski definition) is 2. The number of carbonyl (C=O) groups excluding carboxylic acids is 2. The van der Waals surface area contributed by atoms with Crippen LogP contribution in [0, 0.1) is 11.3 Å². The van der Waals surface area contributed by atoms with E-state index >= 15 is 0 Å². The van der Waals surface area contributed by atoms with E-state index in [0.717, 1.165) is 12.8 Å². The Labute approximate surface area is 185 Å². The summed E-state index contributed by atoms with van der Waals surface area (Å²) >= 11 is 0. The fraction of sp³-hybridized carbons (Fsp3) is 0.810. The van der Waals surface area contributed by atoms with E-state index in [1.54, 1.807) is 0 Å². The summed E-state index contributed by atoms with van der Waals surface area (Å²) in [6.45, 7) is 6.27. The van der Waals surface area contributed by atoms with Gasteiger partial charge in [0.25, 0.3) is 10.2 Å². The molecule has 0 unspecified atom stereocenters. The molecule has 2 atom stereocenters. The zero-order chi connectivity index (χ0) is 22.5. The quantitative estimate of drug-likeness (QED) is 0.604. The highest BCUT2D eigenvalue weighted by atomic mass is 32.2. The molecule has 0 radical (unpaired) electrons. The molecule has 0 aliphatic carbocycles. The molecule has 10 heteroatoms. The van der Waals surface area contributed by atoms with Gasteiger partial charge in [-0.1, -0.05) is 26.0 Å². The lowest BCUT2D eigenvalue weighted by Crippen LogP contribution is -2.54. The number of rotatable bonds is 4. The average molecular weight is 457 g/mol. The molecule has 3 rings (SSSR count). The lowest BCUT2D eigenvalue weighted by Gasteiger charge is -2.41. The molecule has 2 amide bonds. The van der Waals surface area contributed by atoms with Crippen molar-refractivity contribution >= 4 is 22.0 Å². The van der Waals surface area contributed by atoms with Crippen LogP contribution in [0.1, 0.15) is 46.0 Å². The molecular formula is C21H36N4O5S. The summed E-state index contributed by atoms with van der Waals surface area (Å²) < 4.78 is 34.2. The summed E-state index contributed by atoms with van der Waals surface area (Å²) in [6, 6.07) is 0.0599. The number of nitrogens with one attached hydrogen (secondary N) is 2. The SMILES string of the molecule is CCN(CC)S(=O)(=O)N1CCC2(C/C=C/C[C@H]3COCC[C@H]3NC(=O)CNC2=O)CC1. The first-order valence-electron chi connectivity index (χ1n) is 11.4. The Morgan fingerprint density at radius 1 is 1.19 bits per heavy atom. The molecule has 0 aromatic rings. The van der Waals surface area contributed by atoms with E-state index in [1.807, 2.05) is 19.9 Å². The lowest BCUT2D eigenvalue weighted by atomic mass is 9.75. The minimum atomic E-state index is -3.52. The van der Waals surface area contributed by atoms with Crippen LogP contribution in [0.4, 0.5) is 0 Å². The van der Waals surface area contributed by atoms with Gasteiger partial charge in [-0.25, -0.2) is 0 Å². The highest BCUT2D eigenvalue weighted by molar-refractivity contribution is 7.86. The second-order valence-electron chi connectivity index (χ2n) is 8.66. The molecule has 1 spiro atoms. The number of fused-ring (bicyclic) bond motifs is 1. The Bertz CT molecular complexity index is 773. The van der Waals surface area contributed by atoms with E-state index in [9.17, 15) is 18.0 Å². The van der Waals surface area contributed by atoms with Gasteiger partial charge in [-0.15, -0.1) is 0 Å². The van der Waals surface area contributed by atoms with Crippen LogP contribution in [0.25, 0.3) is 0 Å². The maximum Gasteiger partial charge on any atom is 0.281 e. The van der Waals surface area contributed by atoms with Crippen molar-refractivity contribution in [2.75, 3.05) is 45.9 Å². The first-order chi connectivity index (χ1) is 14.8. The zero-order valence-corrected chi connectivity index (χ0v) is 19.5. The average Bonchev–Trinajstić information content (AvgIpc) is 2.76. The molecule has 2 fully saturated rings. The molecule has 2 saturated heterocycles. The molecule has 3 heterocycles. The van der Waals surface area contributed by atoms with Gasteiger partial charge in [0.1, 0.15) is 0 Å². The lowest BCUT2D eigenvalue weighted by molar-refractivity contribution is -0.135. The van der Waals surface area contributed by atoms with Gasteiger partial charge in [0, 0.05) is 44.7 Å². The van der Waals surface area contributed by atoms with Crippen LogP contribution in [0.5, 0.6) is 0 Å². The fourth-order valence-electron chi connectivity index (χ4n) is 4.79. The molecule has 0 aromatic carbocycles. The van der Waals surface area contributed by atoms with E-state index in [4.69, 9.17) is 4.74 Å². The van der Waals surface area contributed by atoms with Gasteiger partial charge >= 0.3 is 0 Å². The van der Waals surface area contributed by atoms with Gasteiger partial charge in [-0.05, 0) is 32.1 Å². The van der Waals surface area contributed by atoms with Gasteiger partial charge in [0.05, 0.1) is 18.6 Å². The predicted molar refractivity (Wildman–Crippen MR) is 117 cm³/mol. The van der Waals surface area contributed by atoms with E-state index < -0.39 is 15.6 Å². The number of amides is 2. The van der Waals surface area contributed by atoms with E-state index in [-0.39, 0.29) is 30.3 Å². The maximum atomic E-state index is 13.1. The van der Waals surface area contributed by atoms with Crippen LogP contribution in [-0.4, -0.2) is 80.8 Å². The van der Waals surface area contributed by atoms with E-state index in [1.165, 1.54) is 8.61 Å². The van der Waals surface area contributed by atoms with Crippen molar-refractivity contribution in [2.45, 2.75) is 52.0 Å². The number of nitrogens with zero attached hydrogens (tertiary/aromatic N) is 2. The summed E-state index contributed by atoms with van der Waals surface area (Å²) in [5, 5.41) is 5.85. The van der Waals surface area contributed by atoms with Crippen LogP contribution in [0.3, 0.4) is 0 Å². The summed E-state index contributed by atoms with van der Waals surface area (Å²) in [5.41, 5.74) is -0.701. The number of piperidine rings is 1. The second-order valence-corrected chi connectivity index (χ2v) is 10.6. The minimum Gasteiger partial charge on any atom is -0.381 e. The molecule has 3 aliphatic rings. The highest BCUT2D eigenvalue weighted by Crippen LogP contribution is 2.37. The second kappa shape index (κ2) is 10.4. The third kappa shape index (κ3) is 5.47. The summed E-state index contributed by atoms with van der Waals surface area (Å²) in [7, 11) is -3.52. The van der Waals surface area contributed by atoms with Gasteiger partial charge in [0.2, 0.25) is 11.8 Å². The minimum absolute atomic E-state index is 0.0597. The molecule has 31 heavy (non-hydrogen) atoms. The Kier molecular flexibility index (Phi) is 8.12. The first-order valence-corrected chi connectivity index (χ1v) is 12.8. The van der Waals surface area contributed by atoms with Gasteiger partial charge in [0.15, 0.2) is 0 Å². The molecule has 2 N–H and O–H groups in total. The summed E-state index contributed by atoms with van der Waals surface area (Å²) in [5.74, 6) is -0.135. The fourth-order valence-corrected chi connectivity index (χ4v) is 6.41. The van der Waals surface area contributed by atoms with Crippen molar-refractivity contribution in [2.24, 2.45) is 11.3 Å². The van der Waals surface area contributed by atoms with Crippen molar-refractivity contribution < 1.29 is 22.7 Å².